The smallest absolute Gasteiger partial charge is 0.310 e. The van der Waals surface area contributed by atoms with Crippen LogP contribution in [-0.4, -0.2) is 39.7 Å². The largest absolute Gasteiger partial charge is 0.394 e. The second-order valence-corrected chi connectivity index (χ2v) is 4.66. The van der Waals surface area contributed by atoms with Crippen LogP contribution < -0.4 is 0 Å². The third-order valence-corrected chi connectivity index (χ3v) is 2.32. The summed E-state index contributed by atoms with van der Waals surface area (Å²) in [6.45, 7) is 4.36. The van der Waals surface area contributed by atoms with E-state index in [1.165, 1.54) is 26.7 Å². The average molecular weight is 335 g/mol. The van der Waals surface area contributed by atoms with E-state index in [1.807, 2.05) is 36.0 Å². The number of carbonyl (C=O) groups excluding carboxylic acids is 2. The second-order valence-electron chi connectivity index (χ2n) is 4.66. The Bertz CT molecular complexity index is 480. The lowest BCUT2D eigenvalue weighted by Crippen LogP contribution is -2.03. The van der Waals surface area contributed by atoms with Crippen molar-refractivity contribution in [3.8, 4) is 0 Å². The molecule has 0 N–H and O–H groups in total. The molecule has 132 valence electrons. The van der Waals surface area contributed by atoms with Gasteiger partial charge in [0.25, 0.3) is 0 Å². The molecule has 7 nitrogen and oxygen atoms in total. The predicted octanol–water partition coefficient (Wildman–Crippen LogP) is 2.39. The third kappa shape index (κ3) is 17.5. The quantitative estimate of drug-likeness (QED) is 0.543. The predicted molar refractivity (Wildman–Crippen MR) is 89.9 cm³/mol. The van der Waals surface area contributed by atoms with Gasteiger partial charge in [0.05, 0.1) is 6.33 Å². The average Bonchev–Trinajstić information content (AvgIpc) is 3.25. The highest BCUT2D eigenvalue weighted by Gasteiger charge is 1.95. The highest BCUT2D eigenvalue weighted by atomic mass is 16.6. The van der Waals surface area contributed by atoms with Crippen LogP contribution >= 0.6 is 0 Å². The Morgan fingerprint density at radius 3 is 1.67 bits per heavy atom. The Kier molecular flexibility index (Phi) is 13.7. The standard InChI is InChI=1S/C5H5N.C4H6N2.C4H6O3.C4H8O/c1-2-4-6-5-3-1;1-6-3-2-5-4-6;1-3(5)7-4(2)6;1-2-4-5-3-1/h1-5H;2-4H,1H3;1-2H3;1-4H2. The number of aromatic nitrogens is 3. The van der Waals surface area contributed by atoms with Crippen molar-refractivity contribution in [1.82, 2.24) is 14.5 Å². The molecule has 0 bridgehead atoms. The summed E-state index contributed by atoms with van der Waals surface area (Å²) in [6.07, 6.45) is 11.4. The van der Waals surface area contributed by atoms with Gasteiger partial charge in [-0.05, 0) is 25.0 Å². The topological polar surface area (TPSA) is 83.3 Å². The maximum atomic E-state index is 9.81. The zero-order valence-electron chi connectivity index (χ0n) is 14.4. The van der Waals surface area contributed by atoms with Crippen LogP contribution in [0, 0.1) is 0 Å². The van der Waals surface area contributed by atoms with E-state index in [4.69, 9.17) is 4.74 Å². The van der Waals surface area contributed by atoms with Gasteiger partial charge in [0.1, 0.15) is 0 Å². The van der Waals surface area contributed by atoms with E-state index in [-0.39, 0.29) is 0 Å². The molecule has 3 rings (SSSR count). The zero-order chi connectivity index (χ0) is 18.0. The van der Waals surface area contributed by atoms with Crippen molar-refractivity contribution >= 4 is 11.9 Å². The minimum Gasteiger partial charge on any atom is -0.394 e. The second kappa shape index (κ2) is 15.4. The van der Waals surface area contributed by atoms with Gasteiger partial charge >= 0.3 is 11.9 Å². The molecule has 24 heavy (non-hydrogen) atoms. The van der Waals surface area contributed by atoms with Crippen molar-refractivity contribution in [1.29, 1.82) is 0 Å². The summed E-state index contributed by atoms with van der Waals surface area (Å²) in [4.78, 5) is 27.2. The first-order valence-electron chi connectivity index (χ1n) is 7.56. The number of aryl methyl sites for hydroxylation is 1. The van der Waals surface area contributed by atoms with Crippen molar-refractivity contribution in [2.75, 3.05) is 13.2 Å². The minimum absolute atomic E-state index is 0.562. The van der Waals surface area contributed by atoms with E-state index in [9.17, 15) is 9.59 Å². The van der Waals surface area contributed by atoms with E-state index in [0.717, 1.165) is 13.2 Å². The number of nitrogens with zero attached hydrogens (tertiary/aromatic N) is 3. The number of carbonyl (C=O) groups is 2. The van der Waals surface area contributed by atoms with Gasteiger partial charge in [-0.1, -0.05) is 6.07 Å². The Hall–Kier alpha value is -2.54. The normalized spacial score (nSPS) is 11.5. The Morgan fingerprint density at radius 1 is 0.958 bits per heavy atom. The van der Waals surface area contributed by atoms with Gasteiger partial charge in [0.2, 0.25) is 0 Å². The van der Waals surface area contributed by atoms with Crippen LogP contribution in [0.2, 0.25) is 0 Å². The van der Waals surface area contributed by atoms with E-state index < -0.39 is 11.9 Å². The van der Waals surface area contributed by atoms with Gasteiger partial charge in [-0.25, -0.2) is 4.98 Å². The lowest BCUT2D eigenvalue weighted by Gasteiger charge is -1.87. The van der Waals surface area contributed by atoms with E-state index in [2.05, 4.69) is 14.7 Å². The number of hydrogen-bond donors (Lipinski definition) is 0. The number of hydrogen-bond acceptors (Lipinski definition) is 6. The molecule has 2 aromatic heterocycles. The summed E-state index contributed by atoms with van der Waals surface area (Å²) in [5, 5.41) is 0. The molecule has 1 saturated heterocycles. The van der Waals surface area contributed by atoms with E-state index in [0.29, 0.717) is 0 Å². The van der Waals surface area contributed by atoms with Gasteiger partial charge in [-0.3, -0.25) is 14.6 Å². The van der Waals surface area contributed by atoms with Crippen molar-refractivity contribution in [2.24, 2.45) is 7.05 Å². The van der Waals surface area contributed by atoms with Gasteiger partial charge in [-0.2, -0.15) is 0 Å². The van der Waals surface area contributed by atoms with Gasteiger partial charge in [-0.15, -0.1) is 0 Å². The van der Waals surface area contributed by atoms with Crippen molar-refractivity contribution in [3.05, 3.63) is 49.3 Å². The molecule has 0 amide bonds. The number of ether oxygens (including phenoxy) is 2. The molecule has 0 atom stereocenters. The molecule has 1 fully saturated rings. The monoisotopic (exact) mass is 335 g/mol. The van der Waals surface area contributed by atoms with Crippen LogP contribution in [0.25, 0.3) is 0 Å². The summed E-state index contributed by atoms with van der Waals surface area (Å²) >= 11 is 0. The summed E-state index contributed by atoms with van der Waals surface area (Å²) < 4.78 is 10.8. The fraction of sp³-hybridized carbons (Fsp3) is 0.412. The van der Waals surface area contributed by atoms with Crippen LogP contribution in [-0.2, 0) is 26.1 Å². The summed E-state index contributed by atoms with van der Waals surface area (Å²) in [6, 6.07) is 5.72. The number of pyridine rings is 1. The Labute approximate surface area is 142 Å². The van der Waals surface area contributed by atoms with Gasteiger partial charge in [0, 0.05) is 58.9 Å². The van der Waals surface area contributed by atoms with Gasteiger partial charge in [0.15, 0.2) is 0 Å². The van der Waals surface area contributed by atoms with Gasteiger partial charge < -0.3 is 14.0 Å². The molecule has 0 saturated carbocycles. The number of rotatable bonds is 0. The molecular weight excluding hydrogens is 310 g/mol. The van der Waals surface area contributed by atoms with Crippen molar-refractivity contribution in [2.45, 2.75) is 26.7 Å². The number of esters is 2. The first kappa shape index (κ1) is 21.5. The molecule has 2 aromatic rings. The zero-order valence-corrected chi connectivity index (χ0v) is 14.4. The lowest BCUT2D eigenvalue weighted by molar-refractivity contribution is -0.156. The minimum atomic E-state index is -0.562. The van der Waals surface area contributed by atoms with Crippen LogP contribution in [0.5, 0.6) is 0 Å². The molecule has 0 aromatic carbocycles. The Balaban J connectivity index is 0.000000295. The molecule has 3 heterocycles. The molecule has 0 aliphatic carbocycles. The molecular formula is C17H25N3O4. The van der Waals surface area contributed by atoms with Crippen LogP contribution in [0.3, 0.4) is 0 Å². The van der Waals surface area contributed by atoms with E-state index in [1.54, 1.807) is 24.9 Å². The summed E-state index contributed by atoms with van der Waals surface area (Å²) in [5.41, 5.74) is 0. The van der Waals surface area contributed by atoms with E-state index >= 15 is 0 Å². The highest BCUT2D eigenvalue weighted by Crippen LogP contribution is 1.98. The van der Waals surface area contributed by atoms with Crippen LogP contribution in [0.1, 0.15) is 26.7 Å². The molecule has 0 unspecified atom stereocenters. The highest BCUT2D eigenvalue weighted by molar-refractivity contribution is 5.82. The summed E-state index contributed by atoms with van der Waals surface area (Å²) in [7, 11) is 1.94. The van der Waals surface area contributed by atoms with Crippen LogP contribution in [0.15, 0.2) is 49.3 Å². The molecule has 1 aliphatic heterocycles. The molecule has 0 spiro atoms. The Morgan fingerprint density at radius 2 is 1.54 bits per heavy atom. The SMILES string of the molecule is C1CCOC1.CC(=O)OC(C)=O.Cn1ccnc1.c1ccncc1. The first-order chi connectivity index (χ1) is 11.5. The maximum Gasteiger partial charge on any atom is 0.310 e. The first-order valence-corrected chi connectivity index (χ1v) is 7.56. The molecule has 7 heteroatoms. The van der Waals surface area contributed by atoms with Crippen LogP contribution in [0.4, 0.5) is 0 Å². The lowest BCUT2D eigenvalue weighted by atomic mass is 10.4. The third-order valence-electron chi connectivity index (χ3n) is 2.32. The summed E-state index contributed by atoms with van der Waals surface area (Å²) in [5.74, 6) is -1.12. The van der Waals surface area contributed by atoms with Crippen molar-refractivity contribution < 1.29 is 19.1 Å². The van der Waals surface area contributed by atoms with Crippen molar-refractivity contribution in [3.63, 3.8) is 0 Å². The fourth-order valence-corrected chi connectivity index (χ4v) is 1.35. The number of imidazole rings is 1. The maximum absolute atomic E-state index is 9.81. The molecule has 0 radical (unpaired) electrons. The molecule has 1 aliphatic rings. The fourth-order valence-electron chi connectivity index (χ4n) is 1.35.